The lowest BCUT2D eigenvalue weighted by Crippen LogP contribution is -2.03. The highest BCUT2D eigenvalue weighted by atomic mass is 16.6. The van der Waals surface area contributed by atoms with Gasteiger partial charge in [-0.3, -0.25) is 25.7 Å². The second-order valence-corrected chi connectivity index (χ2v) is 4.86. The smallest absolute Gasteiger partial charge is 0.301 e. The Bertz CT molecular complexity index is 819. The van der Waals surface area contributed by atoms with Gasteiger partial charge in [-0.15, -0.1) is 0 Å². The number of hydrazone groups is 1. The second-order valence-electron chi connectivity index (χ2n) is 4.86. The molecule has 0 saturated heterocycles. The Morgan fingerprint density at radius 2 is 1.83 bits per heavy atom. The molecular formula is C15H15N5O4. The predicted octanol–water partition coefficient (Wildman–Crippen LogP) is 3.38. The Labute approximate surface area is 137 Å². The number of nitrogens with one attached hydrogen (secondary N) is 2. The van der Waals surface area contributed by atoms with Crippen LogP contribution < -0.4 is 10.7 Å². The molecule has 2 aromatic rings. The van der Waals surface area contributed by atoms with Crippen LogP contribution in [-0.4, -0.2) is 22.6 Å². The minimum Gasteiger partial charge on any atom is -0.388 e. The lowest BCUT2D eigenvalue weighted by Gasteiger charge is -2.06. The maximum atomic E-state index is 11.1. The first-order valence-corrected chi connectivity index (χ1v) is 6.93. The van der Waals surface area contributed by atoms with E-state index < -0.39 is 15.5 Å². The van der Waals surface area contributed by atoms with E-state index in [4.69, 9.17) is 0 Å². The fourth-order valence-corrected chi connectivity index (χ4v) is 1.99. The van der Waals surface area contributed by atoms with Crippen molar-refractivity contribution in [2.45, 2.75) is 6.92 Å². The summed E-state index contributed by atoms with van der Waals surface area (Å²) in [6, 6.07) is 10.8. The Morgan fingerprint density at radius 1 is 1.08 bits per heavy atom. The molecule has 0 saturated carbocycles. The molecule has 0 aliphatic carbocycles. The van der Waals surface area contributed by atoms with Gasteiger partial charge in [0.1, 0.15) is 5.69 Å². The maximum absolute atomic E-state index is 11.1. The van der Waals surface area contributed by atoms with Crippen LogP contribution in [0.4, 0.5) is 22.7 Å². The van der Waals surface area contributed by atoms with Gasteiger partial charge in [-0.05, 0) is 30.7 Å². The van der Waals surface area contributed by atoms with Gasteiger partial charge in [-0.1, -0.05) is 12.1 Å². The summed E-state index contributed by atoms with van der Waals surface area (Å²) in [5.74, 6) is 0. The standard InChI is InChI=1S/C15H15N5O4/c1-10(11-4-3-5-12(8-11)16-2)17-18-14-7-6-13(19(21)22)9-15(14)20(23)24/h3-9,16,18H,1-2H3/b17-10-. The summed E-state index contributed by atoms with van der Waals surface area (Å²) < 4.78 is 0. The van der Waals surface area contributed by atoms with Crippen molar-refractivity contribution in [3.63, 3.8) is 0 Å². The van der Waals surface area contributed by atoms with Crippen molar-refractivity contribution < 1.29 is 9.85 Å². The molecule has 0 fully saturated rings. The fraction of sp³-hybridized carbons (Fsp3) is 0.133. The first-order valence-electron chi connectivity index (χ1n) is 6.93. The average Bonchev–Trinajstić information content (AvgIpc) is 2.59. The van der Waals surface area contributed by atoms with Crippen molar-refractivity contribution in [2.24, 2.45) is 5.10 Å². The van der Waals surface area contributed by atoms with E-state index in [2.05, 4.69) is 15.8 Å². The number of hydrogen-bond acceptors (Lipinski definition) is 7. The quantitative estimate of drug-likeness (QED) is 0.476. The van der Waals surface area contributed by atoms with Gasteiger partial charge < -0.3 is 5.32 Å². The van der Waals surface area contributed by atoms with Crippen molar-refractivity contribution in [3.8, 4) is 0 Å². The molecule has 0 spiro atoms. The van der Waals surface area contributed by atoms with Crippen molar-refractivity contribution in [1.82, 2.24) is 0 Å². The summed E-state index contributed by atoms with van der Waals surface area (Å²) in [7, 11) is 1.80. The fourth-order valence-electron chi connectivity index (χ4n) is 1.99. The summed E-state index contributed by atoms with van der Waals surface area (Å²) >= 11 is 0. The number of hydrogen-bond donors (Lipinski definition) is 2. The highest BCUT2D eigenvalue weighted by Gasteiger charge is 2.19. The molecule has 2 N–H and O–H groups in total. The zero-order chi connectivity index (χ0) is 17.7. The van der Waals surface area contributed by atoms with Crippen LogP contribution in [0.15, 0.2) is 47.6 Å². The van der Waals surface area contributed by atoms with Crippen LogP contribution in [0.5, 0.6) is 0 Å². The molecule has 9 nitrogen and oxygen atoms in total. The van der Waals surface area contributed by atoms with Gasteiger partial charge in [0.05, 0.1) is 21.6 Å². The maximum Gasteiger partial charge on any atom is 0.301 e. The molecule has 0 atom stereocenters. The molecule has 0 bridgehead atoms. The van der Waals surface area contributed by atoms with E-state index in [1.54, 1.807) is 14.0 Å². The molecular weight excluding hydrogens is 314 g/mol. The lowest BCUT2D eigenvalue weighted by atomic mass is 10.1. The largest absolute Gasteiger partial charge is 0.388 e. The molecule has 0 heterocycles. The summed E-state index contributed by atoms with van der Waals surface area (Å²) in [6.07, 6.45) is 0. The Balaban J connectivity index is 2.29. The SMILES string of the molecule is CNc1cccc(/C(C)=N\Nc2ccc([N+](=O)[O-])cc2[N+](=O)[O-])c1. The first-order chi connectivity index (χ1) is 11.4. The molecule has 0 unspecified atom stereocenters. The molecule has 0 radical (unpaired) electrons. The number of benzene rings is 2. The Morgan fingerprint density at radius 3 is 2.46 bits per heavy atom. The highest BCUT2D eigenvalue weighted by Crippen LogP contribution is 2.29. The van der Waals surface area contributed by atoms with Crippen LogP contribution in [0, 0.1) is 20.2 Å². The van der Waals surface area contributed by atoms with Crippen LogP contribution in [0.2, 0.25) is 0 Å². The third-order valence-corrected chi connectivity index (χ3v) is 3.30. The van der Waals surface area contributed by atoms with Gasteiger partial charge in [-0.2, -0.15) is 5.10 Å². The van der Waals surface area contributed by atoms with Gasteiger partial charge in [-0.25, -0.2) is 0 Å². The second kappa shape index (κ2) is 7.18. The first kappa shape index (κ1) is 16.9. The summed E-state index contributed by atoms with van der Waals surface area (Å²) in [5, 5.41) is 28.9. The number of nitrogens with zero attached hydrogens (tertiary/aromatic N) is 3. The van der Waals surface area contributed by atoms with Crippen LogP contribution in [0.1, 0.15) is 12.5 Å². The molecule has 0 aromatic heterocycles. The van der Waals surface area contributed by atoms with E-state index in [-0.39, 0.29) is 11.4 Å². The molecule has 2 aromatic carbocycles. The van der Waals surface area contributed by atoms with Gasteiger partial charge in [0.25, 0.3) is 5.69 Å². The summed E-state index contributed by atoms with van der Waals surface area (Å²) in [4.78, 5) is 20.4. The van der Waals surface area contributed by atoms with E-state index in [1.165, 1.54) is 12.1 Å². The van der Waals surface area contributed by atoms with Crippen LogP contribution in [-0.2, 0) is 0 Å². The van der Waals surface area contributed by atoms with Gasteiger partial charge in [0, 0.05) is 18.8 Å². The number of rotatable bonds is 6. The summed E-state index contributed by atoms with van der Waals surface area (Å²) in [5.41, 5.74) is 4.26. The third kappa shape index (κ3) is 3.83. The molecule has 24 heavy (non-hydrogen) atoms. The van der Waals surface area contributed by atoms with Gasteiger partial charge in [0.2, 0.25) is 0 Å². The van der Waals surface area contributed by atoms with Crippen LogP contribution in [0.25, 0.3) is 0 Å². The van der Waals surface area contributed by atoms with Gasteiger partial charge >= 0.3 is 5.69 Å². The Kier molecular flexibility index (Phi) is 5.05. The highest BCUT2D eigenvalue weighted by molar-refractivity contribution is 5.99. The predicted molar refractivity (Wildman–Crippen MR) is 91.6 cm³/mol. The molecule has 0 aliphatic heterocycles. The van der Waals surface area contributed by atoms with Crippen molar-refractivity contribution in [3.05, 3.63) is 68.3 Å². The van der Waals surface area contributed by atoms with Crippen LogP contribution in [0.3, 0.4) is 0 Å². The number of anilines is 2. The van der Waals surface area contributed by atoms with Crippen molar-refractivity contribution >= 4 is 28.5 Å². The van der Waals surface area contributed by atoms with Gasteiger partial charge in [0.15, 0.2) is 0 Å². The van der Waals surface area contributed by atoms with Crippen molar-refractivity contribution in [2.75, 3.05) is 17.8 Å². The van der Waals surface area contributed by atoms with E-state index in [0.717, 1.165) is 17.3 Å². The molecule has 124 valence electrons. The zero-order valence-electron chi connectivity index (χ0n) is 13.0. The molecule has 2 rings (SSSR count). The normalized spacial score (nSPS) is 11.0. The lowest BCUT2D eigenvalue weighted by molar-refractivity contribution is -0.393. The van der Waals surface area contributed by atoms with Crippen LogP contribution >= 0.6 is 0 Å². The molecule has 9 heteroatoms. The van der Waals surface area contributed by atoms with E-state index in [9.17, 15) is 20.2 Å². The van der Waals surface area contributed by atoms with Crippen molar-refractivity contribution in [1.29, 1.82) is 0 Å². The van der Waals surface area contributed by atoms with E-state index in [0.29, 0.717) is 5.71 Å². The monoisotopic (exact) mass is 329 g/mol. The topological polar surface area (TPSA) is 123 Å². The average molecular weight is 329 g/mol. The minimum atomic E-state index is -0.693. The number of non-ortho nitro benzene ring substituents is 1. The summed E-state index contributed by atoms with van der Waals surface area (Å²) in [6.45, 7) is 1.75. The Hall–Kier alpha value is -3.49. The third-order valence-electron chi connectivity index (χ3n) is 3.30. The molecule has 0 amide bonds. The number of nitro benzene ring substituents is 2. The molecule has 0 aliphatic rings. The van der Waals surface area contributed by atoms with E-state index in [1.807, 2.05) is 24.3 Å². The minimum absolute atomic E-state index is 0.0784. The zero-order valence-corrected chi connectivity index (χ0v) is 13.0. The van der Waals surface area contributed by atoms with E-state index >= 15 is 0 Å². The number of nitro groups is 2.